The van der Waals surface area contributed by atoms with Crippen molar-refractivity contribution in [1.82, 2.24) is 0 Å². The second kappa shape index (κ2) is 7.96. The Labute approximate surface area is 127 Å². The van der Waals surface area contributed by atoms with Gasteiger partial charge in [0.15, 0.2) is 5.60 Å². The van der Waals surface area contributed by atoms with E-state index >= 15 is 0 Å². The van der Waals surface area contributed by atoms with E-state index in [9.17, 15) is 9.59 Å². The normalized spacial score (nSPS) is 11.2. The summed E-state index contributed by atoms with van der Waals surface area (Å²) in [5.74, 6) is -0.615. The van der Waals surface area contributed by atoms with Crippen molar-refractivity contribution < 1.29 is 14.3 Å². The van der Waals surface area contributed by atoms with E-state index in [1.807, 2.05) is 24.3 Å². The van der Waals surface area contributed by atoms with Gasteiger partial charge in [0.05, 0.1) is 0 Å². The Hall–Kier alpha value is -1.64. The average molecular weight is 290 g/mol. The van der Waals surface area contributed by atoms with Gasteiger partial charge in [-0.05, 0) is 32.3 Å². The van der Waals surface area contributed by atoms with Crippen LogP contribution in [0.5, 0.6) is 0 Å². The number of hydrogen-bond acceptors (Lipinski definition) is 3. The Morgan fingerprint density at radius 3 is 2.19 bits per heavy atom. The Kier molecular flexibility index (Phi) is 6.60. The van der Waals surface area contributed by atoms with Gasteiger partial charge < -0.3 is 4.74 Å². The maximum Gasteiger partial charge on any atom is 0.303 e. The number of ether oxygens (including phenoxy) is 1. The number of rotatable bonds is 8. The Balaban J connectivity index is 2.64. The van der Waals surface area contributed by atoms with Crippen LogP contribution in [0.3, 0.4) is 0 Å². The third kappa shape index (κ3) is 5.70. The highest BCUT2D eigenvalue weighted by Crippen LogP contribution is 2.18. The minimum Gasteiger partial charge on any atom is -0.451 e. The number of hydrogen-bond donors (Lipinski definition) is 0. The highest BCUT2D eigenvalue weighted by atomic mass is 16.6. The van der Waals surface area contributed by atoms with Crippen LogP contribution < -0.4 is 0 Å². The van der Waals surface area contributed by atoms with Crippen LogP contribution in [0, 0.1) is 0 Å². The van der Waals surface area contributed by atoms with Crippen molar-refractivity contribution in [3.8, 4) is 0 Å². The van der Waals surface area contributed by atoms with E-state index < -0.39 is 11.6 Å². The molecule has 0 aromatic heterocycles. The molecule has 0 N–H and O–H groups in total. The van der Waals surface area contributed by atoms with Gasteiger partial charge in [-0.3, -0.25) is 9.59 Å². The van der Waals surface area contributed by atoms with Crippen LogP contribution in [0.2, 0.25) is 0 Å². The summed E-state index contributed by atoms with van der Waals surface area (Å²) in [6.07, 6.45) is 5.98. The first-order valence-corrected chi connectivity index (χ1v) is 7.70. The molecule has 1 rings (SSSR count). The SMILES string of the molecule is CCCCCCc1ccc(C(=O)C(C)(C)OC(C)=O)cc1. The lowest BCUT2D eigenvalue weighted by molar-refractivity contribution is -0.149. The zero-order valence-electron chi connectivity index (χ0n) is 13.6. The molecule has 0 spiro atoms. The van der Waals surface area contributed by atoms with E-state index in [0.29, 0.717) is 5.56 Å². The van der Waals surface area contributed by atoms with Crippen molar-refractivity contribution in [1.29, 1.82) is 0 Å². The van der Waals surface area contributed by atoms with Crippen molar-refractivity contribution in [3.05, 3.63) is 35.4 Å². The topological polar surface area (TPSA) is 43.4 Å². The fourth-order valence-electron chi connectivity index (χ4n) is 2.33. The molecule has 21 heavy (non-hydrogen) atoms. The summed E-state index contributed by atoms with van der Waals surface area (Å²) < 4.78 is 5.09. The van der Waals surface area contributed by atoms with E-state index in [1.54, 1.807) is 13.8 Å². The van der Waals surface area contributed by atoms with Crippen LogP contribution in [0.25, 0.3) is 0 Å². The lowest BCUT2D eigenvalue weighted by Gasteiger charge is -2.22. The maximum absolute atomic E-state index is 12.3. The standard InChI is InChI=1S/C18H26O3/c1-5-6-7-8-9-15-10-12-16(13-11-15)17(20)18(3,4)21-14(2)19/h10-13H,5-9H2,1-4H3. The zero-order chi connectivity index (χ0) is 15.9. The Bertz CT molecular complexity index is 472. The molecule has 3 nitrogen and oxygen atoms in total. The fourth-order valence-corrected chi connectivity index (χ4v) is 2.33. The number of esters is 1. The zero-order valence-corrected chi connectivity index (χ0v) is 13.6. The quantitative estimate of drug-likeness (QED) is 0.406. The second-order valence-corrected chi connectivity index (χ2v) is 5.94. The van der Waals surface area contributed by atoms with E-state index in [0.717, 1.165) is 6.42 Å². The van der Waals surface area contributed by atoms with Crippen LogP contribution in [0.4, 0.5) is 0 Å². The van der Waals surface area contributed by atoms with Crippen molar-refractivity contribution in [2.75, 3.05) is 0 Å². The van der Waals surface area contributed by atoms with Gasteiger partial charge in [0.2, 0.25) is 5.78 Å². The summed E-state index contributed by atoms with van der Waals surface area (Å²) in [5, 5.41) is 0. The Morgan fingerprint density at radius 1 is 1.05 bits per heavy atom. The molecule has 3 heteroatoms. The molecule has 116 valence electrons. The number of Topliss-reactive ketones (excluding diaryl/α,β-unsaturated/α-hetero) is 1. The summed E-state index contributed by atoms with van der Waals surface area (Å²) in [6, 6.07) is 7.62. The van der Waals surface area contributed by atoms with Crippen LogP contribution in [-0.4, -0.2) is 17.4 Å². The predicted octanol–water partition coefficient (Wildman–Crippen LogP) is 4.33. The molecule has 0 fully saturated rings. The molecule has 0 heterocycles. The minimum absolute atomic E-state index is 0.171. The summed E-state index contributed by atoms with van der Waals surface area (Å²) in [4.78, 5) is 23.4. The van der Waals surface area contributed by atoms with E-state index in [2.05, 4.69) is 6.92 Å². The monoisotopic (exact) mass is 290 g/mol. The van der Waals surface area contributed by atoms with Gasteiger partial charge in [-0.1, -0.05) is 50.5 Å². The number of carbonyl (C=O) groups is 2. The van der Waals surface area contributed by atoms with E-state index in [1.165, 1.54) is 38.2 Å². The van der Waals surface area contributed by atoms with Crippen LogP contribution in [0.15, 0.2) is 24.3 Å². The summed E-state index contributed by atoms with van der Waals surface area (Å²) in [6.45, 7) is 6.75. The van der Waals surface area contributed by atoms with Crippen molar-refractivity contribution in [2.45, 2.75) is 65.4 Å². The highest BCUT2D eigenvalue weighted by molar-refractivity contribution is 6.02. The molecule has 1 aromatic rings. The minimum atomic E-state index is -1.12. The number of ketones is 1. The molecule has 0 aliphatic rings. The molecule has 0 bridgehead atoms. The van der Waals surface area contributed by atoms with Crippen molar-refractivity contribution in [2.24, 2.45) is 0 Å². The first kappa shape index (κ1) is 17.4. The van der Waals surface area contributed by atoms with E-state index in [4.69, 9.17) is 4.74 Å². The van der Waals surface area contributed by atoms with Gasteiger partial charge in [-0.15, -0.1) is 0 Å². The first-order valence-electron chi connectivity index (χ1n) is 7.70. The third-order valence-corrected chi connectivity index (χ3v) is 3.48. The summed E-state index contributed by atoms with van der Waals surface area (Å²) in [5.41, 5.74) is 0.709. The molecule has 0 amide bonds. The molecule has 0 saturated heterocycles. The highest BCUT2D eigenvalue weighted by Gasteiger charge is 2.31. The summed E-state index contributed by atoms with van der Waals surface area (Å²) in [7, 11) is 0. The van der Waals surface area contributed by atoms with Gasteiger partial charge >= 0.3 is 5.97 Å². The molecule has 0 unspecified atom stereocenters. The van der Waals surface area contributed by atoms with Crippen molar-refractivity contribution in [3.63, 3.8) is 0 Å². The fraction of sp³-hybridized carbons (Fsp3) is 0.556. The lowest BCUT2D eigenvalue weighted by atomic mass is 9.95. The number of carbonyl (C=O) groups excluding carboxylic acids is 2. The number of unbranched alkanes of at least 4 members (excludes halogenated alkanes) is 3. The van der Waals surface area contributed by atoms with Gasteiger partial charge in [-0.2, -0.15) is 0 Å². The van der Waals surface area contributed by atoms with Gasteiger partial charge in [0.25, 0.3) is 0 Å². The van der Waals surface area contributed by atoms with Crippen LogP contribution in [-0.2, 0) is 16.0 Å². The Morgan fingerprint density at radius 2 is 1.67 bits per heavy atom. The predicted molar refractivity (Wildman–Crippen MR) is 84.5 cm³/mol. The van der Waals surface area contributed by atoms with Gasteiger partial charge in [0.1, 0.15) is 0 Å². The average Bonchev–Trinajstić information content (AvgIpc) is 2.42. The van der Waals surface area contributed by atoms with Crippen molar-refractivity contribution >= 4 is 11.8 Å². The number of aryl methyl sites for hydroxylation is 1. The van der Waals surface area contributed by atoms with Gasteiger partial charge in [-0.25, -0.2) is 0 Å². The summed E-state index contributed by atoms with van der Waals surface area (Å²) >= 11 is 0. The third-order valence-electron chi connectivity index (χ3n) is 3.48. The molecular weight excluding hydrogens is 264 g/mol. The maximum atomic E-state index is 12.3. The smallest absolute Gasteiger partial charge is 0.303 e. The second-order valence-electron chi connectivity index (χ2n) is 5.94. The van der Waals surface area contributed by atoms with Crippen LogP contribution in [0.1, 0.15) is 69.3 Å². The number of benzene rings is 1. The molecule has 0 aliphatic carbocycles. The molecule has 0 saturated carbocycles. The molecule has 0 atom stereocenters. The molecular formula is C18H26O3. The molecule has 0 radical (unpaired) electrons. The first-order chi connectivity index (χ1) is 9.86. The largest absolute Gasteiger partial charge is 0.451 e. The van der Waals surface area contributed by atoms with Crippen LogP contribution >= 0.6 is 0 Å². The molecule has 0 aliphatic heterocycles. The lowest BCUT2D eigenvalue weighted by Crippen LogP contribution is -2.36. The van der Waals surface area contributed by atoms with Gasteiger partial charge in [0, 0.05) is 12.5 Å². The molecule has 1 aromatic carbocycles. The van der Waals surface area contributed by atoms with E-state index in [-0.39, 0.29) is 5.78 Å².